The molecule has 2 aromatic heterocycles. The molecule has 12 heavy (non-hydrogen) atoms. The van der Waals surface area contributed by atoms with E-state index in [1.807, 2.05) is 6.07 Å². The third kappa shape index (κ3) is 1.14. The molecule has 0 aliphatic rings. The fraction of sp³-hybridized carbons (Fsp3) is 0. The maximum atomic E-state index is 10.3. The predicted octanol–water partition coefficient (Wildman–Crippen LogP) is 1.14. The summed E-state index contributed by atoms with van der Waals surface area (Å²) >= 11 is 1.39. The number of thiazole rings is 1. The molecule has 0 aromatic carbocycles. The Morgan fingerprint density at radius 3 is 3.08 bits per heavy atom. The summed E-state index contributed by atoms with van der Waals surface area (Å²) in [6.07, 6.45) is 4.18. The molecule has 4 nitrogen and oxygen atoms in total. The van der Waals surface area contributed by atoms with Crippen molar-refractivity contribution >= 4 is 17.6 Å². The van der Waals surface area contributed by atoms with E-state index < -0.39 is 0 Å². The van der Waals surface area contributed by atoms with Crippen molar-refractivity contribution in [1.82, 2.24) is 14.8 Å². The minimum atomic E-state index is 0.450. The topological polar surface area (TPSA) is 47.8 Å². The second-order valence-electron chi connectivity index (χ2n) is 2.12. The van der Waals surface area contributed by atoms with Gasteiger partial charge in [0.1, 0.15) is 5.69 Å². The van der Waals surface area contributed by atoms with E-state index in [2.05, 4.69) is 10.1 Å². The van der Waals surface area contributed by atoms with Crippen LogP contribution in [0.3, 0.4) is 0 Å². The van der Waals surface area contributed by atoms with Crippen LogP contribution in [0.4, 0.5) is 0 Å². The monoisotopic (exact) mass is 179 g/mol. The van der Waals surface area contributed by atoms with Gasteiger partial charge in [-0.15, -0.1) is 11.3 Å². The average Bonchev–Trinajstić information content (AvgIpc) is 2.75. The summed E-state index contributed by atoms with van der Waals surface area (Å²) in [5, 5.41) is 6.39. The van der Waals surface area contributed by atoms with Crippen LogP contribution >= 0.6 is 11.3 Å². The summed E-state index contributed by atoms with van der Waals surface area (Å²) in [5.41, 5.74) is 0.450. The number of carbonyl (C=O) groups excluding carboxylic acids is 1. The van der Waals surface area contributed by atoms with Crippen LogP contribution in [0.25, 0.3) is 5.13 Å². The molecule has 60 valence electrons. The van der Waals surface area contributed by atoms with Gasteiger partial charge in [0, 0.05) is 17.8 Å². The summed E-state index contributed by atoms with van der Waals surface area (Å²) < 4.78 is 1.62. The summed E-state index contributed by atoms with van der Waals surface area (Å²) in [7, 11) is 0. The lowest BCUT2D eigenvalue weighted by molar-refractivity contribution is 0.111. The van der Waals surface area contributed by atoms with Crippen molar-refractivity contribution < 1.29 is 4.79 Å². The molecule has 0 radical (unpaired) electrons. The molecule has 0 atom stereocenters. The molecule has 0 bridgehead atoms. The molecule has 2 rings (SSSR count). The van der Waals surface area contributed by atoms with Crippen LogP contribution in [-0.2, 0) is 0 Å². The van der Waals surface area contributed by atoms with Gasteiger partial charge in [0.15, 0.2) is 6.29 Å². The Morgan fingerprint density at radius 2 is 2.50 bits per heavy atom. The molecule has 0 N–H and O–H groups in total. The highest BCUT2D eigenvalue weighted by Gasteiger charge is 2.01. The van der Waals surface area contributed by atoms with Gasteiger partial charge < -0.3 is 0 Å². The second-order valence-corrected chi connectivity index (χ2v) is 2.96. The molecule has 0 saturated heterocycles. The summed E-state index contributed by atoms with van der Waals surface area (Å²) in [4.78, 5) is 14.3. The Hall–Kier alpha value is -1.49. The minimum absolute atomic E-state index is 0.450. The molecule has 0 aliphatic heterocycles. The van der Waals surface area contributed by atoms with E-state index in [0.29, 0.717) is 10.8 Å². The van der Waals surface area contributed by atoms with Gasteiger partial charge >= 0.3 is 0 Å². The predicted molar refractivity (Wildman–Crippen MR) is 44.6 cm³/mol. The molecule has 5 heteroatoms. The van der Waals surface area contributed by atoms with Gasteiger partial charge in [-0.2, -0.15) is 5.10 Å². The van der Waals surface area contributed by atoms with Crippen molar-refractivity contribution in [2.45, 2.75) is 0 Å². The SMILES string of the molecule is O=Cc1csc(-n2cccn2)n1. The zero-order chi connectivity index (χ0) is 8.39. The first-order valence-electron chi connectivity index (χ1n) is 3.31. The van der Waals surface area contributed by atoms with Crippen LogP contribution in [0, 0.1) is 0 Å². The lowest BCUT2D eigenvalue weighted by Crippen LogP contribution is -1.93. The molecule has 2 aromatic rings. The largest absolute Gasteiger partial charge is 0.296 e. The van der Waals surface area contributed by atoms with Gasteiger partial charge in [-0.05, 0) is 6.07 Å². The van der Waals surface area contributed by atoms with Crippen LogP contribution in [0.2, 0.25) is 0 Å². The number of hydrogen-bond acceptors (Lipinski definition) is 4. The molecule has 0 fully saturated rings. The minimum Gasteiger partial charge on any atom is -0.296 e. The van der Waals surface area contributed by atoms with E-state index in [4.69, 9.17) is 0 Å². The number of nitrogens with zero attached hydrogens (tertiary/aromatic N) is 3. The smallest absolute Gasteiger partial charge is 0.210 e. The van der Waals surface area contributed by atoms with Gasteiger partial charge in [0.2, 0.25) is 5.13 Å². The molecule has 0 amide bonds. The van der Waals surface area contributed by atoms with Crippen LogP contribution in [0.1, 0.15) is 10.5 Å². The van der Waals surface area contributed by atoms with Gasteiger partial charge in [-0.3, -0.25) is 4.79 Å². The van der Waals surface area contributed by atoms with E-state index in [9.17, 15) is 4.79 Å². The molecule has 0 spiro atoms. The van der Waals surface area contributed by atoms with Gasteiger partial charge in [0.05, 0.1) is 0 Å². The third-order valence-electron chi connectivity index (χ3n) is 1.33. The fourth-order valence-corrected chi connectivity index (χ4v) is 1.53. The normalized spacial score (nSPS) is 10.0. The standard InChI is InChI=1S/C7H5N3OS/c11-4-6-5-12-7(9-6)10-3-1-2-8-10/h1-5H. The average molecular weight is 179 g/mol. The number of carbonyl (C=O) groups is 1. The Kier molecular flexibility index (Phi) is 1.71. The maximum Gasteiger partial charge on any atom is 0.210 e. The first-order valence-corrected chi connectivity index (χ1v) is 4.19. The molecular weight excluding hydrogens is 174 g/mol. The highest BCUT2D eigenvalue weighted by molar-refractivity contribution is 7.12. The summed E-state index contributed by atoms with van der Waals surface area (Å²) in [5.74, 6) is 0. The highest BCUT2D eigenvalue weighted by Crippen LogP contribution is 2.11. The number of hydrogen-bond donors (Lipinski definition) is 0. The number of aldehydes is 1. The van der Waals surface area contributed by atoms with E-state index in [0.717, 1.165) is 6.29 Å². The molecule has 0 aliphatic carbocycles. The highest BCUT2D eigenvalue weighted by atomic mass is 32.1. The van der Waals surface area contributed by atoms with Gasteiger partial charge in [-0.25, -0.2) is 9.67 Å². The summed E-state index contributed by atoms with van der Waals surface area (Å²) in [6, 6.07) is 1.81. The van der Waals surface area contributed by atoms with Crippen molar-refractivity contribution in [3.8, 4) is 5.13 Å². The van der Waals surface area contributed by atoms with E-state index in [1.165, 1.54) is 11.3 Å². The van der Waals surface area contributed by atoms with E-state index >= 15 is 0 Å². The fourth-order valence-electron chi connectivity index (χ4n) is 0.818. The zero-order valence-corrected chi connectivity index (χ0v) is 6.86. The molecule has 0 saturated carbocycles. The first kappa shape index (κ1) is 7.17. The Morgan fingerprint density at radius 1 is 1.58 bits per heavy atom. The Bertz CT molecular complexity index is 379. The van der Waals surface area contributed by atoms with Crippen molar-refractivity contribution in [2.24, 2.45) is 0 Å². The quantitative estimate of drug-likeness (QED) is 0.649. The van der Waals surface area contributed by atoms with Crippen LogP contribution < -0.4 is 0 Å². The van der Waals surface area contributed by atoms with Crippen molar-refractivity contribution in [1.29, 1.82) is 0 Å². The summed E-state index contributed by atoms with van der Waals surface area (Å²) in [6.45, 7) is 0. The van der Waals surface area contributed by atoms with Gasteiger partial charge in [0.25, 0.3) is 0 Å². The molecule has 2 heterocycles. The number of rotatable bonds is 2. The lowest BCUT2D eigenvalue weighted by atomic mass is 10.6. The molecule has 0 unspecified atom stereocenters. The maximum absolute atomic E-state index is 10.3. The van der Waals surface area contributed by atoms with Crippen LogP contribution in [-0.4, -0.2) is 21.1 Å². The van der Waals surface area contributed by atoms with Crippen LogP contribution in [0.15, 0.2) is 23.8 Å². The van der Waals surface area contributed by atoms with Gasteiger partial charge in [-0.1, -0.05) is 0 Å². The number of aromatic nitrogens is 3. The van der Waals surface area contributed by atoms with E-state index in [-0.39, 0.29) is 0 Å². The zero-order valence-electron chi connectivity index (χ0n) is 6.04. The third-order valence-corrected chi connectivity index (χ3v) is 2.18. The Balaban J connectivity index is 2.41. The second kappa shape index (κ2) is 2.86. The lowest BCUT2D eigenvalue weighted by Gasteiger charge is -1.90. The van der Waals surface area contributed by atoms with E-state index in [1.54, 1.807) is 22.5 Å². The Labute approximate surface area is 72.5 Å². The first-order chi connectivity index (χ1) is 5.90. The molecular formula is C7H5N3OS. The van der Waals surface area contributed by atoms with Crippen molar-refractivity contribution in [3.63, 3.8) is 0 Å². The van der Waals surface area contributed by atoms with Crippen LogP contribution in [0.5, 0.6) is 0 Å². The van der Waals surface area contributed by atoms with Crippen molar-refractivity contribution in [3.05, 3.63) is 29.5 Å². The van der Waals surface area contributed by atoms with Crippen molar-refractivity contribution in [2.75, 3.05) is 0 Å².